The van der Waals surface area contributed by atoms with E-state index in [1.54, 1.807) is 0 Å². The topological polar surface area (TPSA) is 55.8 Å². The first-order valence-corrected chi connectivity index (χ1v) is 6.50. The number of benzene rings is 1. The maximum atomic E-state index is 13.0. The molecule has 0 radical (unpaired) electrons. The maximum absolute atomic E-state index is 13.0. The molecular formula is C14H15F3O4. The highest BCUT2D eigenvalue weighted by Gasteiger charge is 2.35. The van der Waals surface area contributed by atoms with Gasteiger partial charge in [-0.2, -0.15) is 13.2 Å². The Bertz CT molecular complexity index is 527. The van der Waals surface area contributed by atoms with Gasteiger partial charge >= 0.3 is 12.1 Å². The molecule has 4 nitrogen and oxygen atoms in total. The Labute approximate surface area is 119 Å². The fourth-order valence-electron chi connectivity index (χ4n) is 2.20. The van der Waals surface area contributed by atoms with Crippen molar-refractivity contribution in [3.8, 4) is 5.75 Å². The third-order valence-electron chi connectivity index (χ3n) is 3.28. The number of carbonyl (C=O) groups is 1. The van der Waals surface area contributed by atoms with Crippen LogP contribution in [0, 0.1) is 0 Å². The minimum absolute atomic E-state index is 0.0137. The van der Waals surface area contributed by atoms with Gasteiger partial charge in [-0.25, -0.2) is 4.79 Å². The zero-order valence-corrected chi connectivity index (χ0v) is 11.3. The lowest BCUT2D eigenvalue weighted by atomic mass is 10.1. The van der Waals surface area contributed by atoms with E-state index in [9.17, 15) is 18.0 Å². The van der Waals surface area contributed by atoms with Crippen LogP contribution in [0.25, 0.3) is 0 Å². The summed E-state index contributed by atoms with van der Waals surface area (Å²) in [6.07, 6.45) is -3.26. The zero-order valence-electron chi connectivity index (χ0n) is 11.3. The van der Waals surface area contributed by atoms with Crippen LogP contribution in [-0.4, -0.2) is 29.9 Å². The van der Waals surface area contributed by atoms with Crippen LogP contribution in [0.2, 0.25) is 0 Å². The first kappa shape index (κ1) is 15.6. The van der Waals surface area contributed by atoms with Crippen molar-refractivity contribution in [1.82, 2.24) is 0 Å². The average Bonchev–Trinajstić information content (AvgIpc) is 2.81. The first-order chi connectivity index (χ1) is 9.77. The molecule has 1 aromatic rings. The fourth-order valence-corrected chi connectivity index (χ4v) is 2.20. The molecule has 0 aliphatic carbocycles. The average molecular weight is 304 g/mol. The molecule has 0 amide bonds. The van der Waals surface area contributed by atoms with Gasteiger partial charge in [-0.05, 0) is 38.0 Å². The molecule has 0 spiro atoms. The standard InChI is InChI=1S/C14H15F3O4/c1-8-2-4-10(21-8)7-20-12-5-3-9(13(18)19)6-11(12)14(15,16)17/h3,5-6,8,10H,2,4,7H2,1H3,(H,18,19). The third-order valence-corrected chi connectivity index (χ3v) is 3.28. The molecule has 116 valence electrons. The SMILES string of the molecule is CC1CCC(COc2ccc(C(=O)O)cc2C(F)(F)F)O1. The summed E-state index contributed by atoms with van der Waals surface area (Å²) in [5, 5.41) is 8.77. The van der Waals surface area contributed by atoms with Crippen LogP contribution in [0.3, 0.4) is 0 Å². The number of aromatic carboxylic acids is 1. The molecular weight excluding hydrogens is 289 g/mol. The second-order valence-electron chi connectivity index (χ2n) is 4.97. The van der Waals surface area contributed by atoms with Crippen molar-refractivity contribution in [1.29, 1.82) is 0 Å². The van der Waals surface area contributed by atoms with Gasteiger partial charge in [0.25, 0.3) is 0 Å². The van der Waals surface area contributed by atoms with Crippen LogP contribution in [0.4, 0.5) is 13.2 Å². The van der Waals surface area contributed by atoms with Gasteiger partial charge in [0.05, 0.1) is 23.3 Å². The molecule has 0 bridgehead atoms. The fraction of sp³-hybridized carbons (Fsp3) is 0.500. The van der Waals surface area contributed by atoms with Crippen molar-refractivity contribution in [3.05, 3.63) is 29.3 Å². The number of ether oxygens (including phenoxy) is 2. The summed E-state index contributed by atoms with van der Waals surface area (Å²) in [5.41, 5.74) is -1.52. The number of carboxylic acids is 1. The van der Waals surface area contributed by atoms with Crippen molar-refractivity contribution in [2.45, 2.75) is 38.1 Å². The van der Waals surface area contributed by atoms with E-state index in [1.165, 1.54) is 0 Å². The van der Waals surface area contributed by atoms with E-state index < -0.39 is 23.3 Å². The molecule has 2 rings (SSSR count). The highest BCUT2D eigenvalue weighted by Crippen LogP contribution is 2.37. The number of hydrogen-bond acceptors (Lipinski definition) is 3. The van der Waals surface area contributed by atoms with Crippen LogP contribution in [0.5, 0.6) is 5.75 Å². The molecule has 21 heavy (non-hydrogen) atoms. The summed E-state index contributed by atoms with van der Waals surface area (Å²) >= 11 is 0. The van der Waals surface area contributed by atoms with E-state index in [-0.39, 0.29) is 24.6 Å². The smallest absolute Gasteiger partial charge is 0.419 e. The lowest BCUT2D eigenvalue weighted by Crippen LogP contribution is -2.19. The Balaban J connectivity index is 2.16. The van der Waals surface area contributed by atoms with Crippen LogP contribution in [0.1, 0.15) is 35.7 Å². The molecule has 1 aromatic carbocycles. The van der Waals surface area contributed by atoms with Crippen molar-refractivity contribution >= 4 is 5.97 Å². The van der Waals surface area contributed by atoms with E-state index in [0.717, 1.165) is 25.0 Å². The van der Waals surface area contributed by atoms with Crippen LogP contribution in [-0.2, 0) is 10.9 Å². The molecule has 1 aliphatic rings. The molecule has 2 unspecified atom stereocenters. The molecule has 1 saturated heterocycles. The van der Waals surface area contributed by atoms with Crippen molar-refractivity contribution in [3.63, 3.8) is 0 Å². The van der Waals surface area contributed by atoms with Gasteiger partial charge in [-0.15, -0.1) is 0 Å². The molecule has 0 saturated carbocycles. The van der Waals surface area contributed by atoms with Crippen LogP contribution < -0.4 is 4.74 Å². The predicted molar refractivity (Wildman–Crippen MR) is 67.5 cm³/mol. The maximum Gasteiger partial charge on any atom is 0.419 e. The molecule has 1 heterocycles. The Morgan fingerprint density at radius 1 is 1.43 bits per heavy atom. The van der Waals surface area contributed by atoms with Gasteiger partial charge in [0.2, 0.25) is 0 Å². The summed E-state index contributed by atoms with van der Waals surface area (Å²) in [6, 6.07) is 2.70. The quantitative estimate of drug-likeness (QED) is 0.927. The molecule has 2 atom stereocenters. The monoisotopic (exact) mass is 304 g/mol. The highest BCUT2D eigenvalue weighted by atomic mass is 19.4. The largest absolute Gasteiger partial charge is 0.490 e. The van der Waals surface area contributed by atoms with Gasteiger partial charge in [0, 0.05) is 0 Å². The van der Waals surface area contributed by atoms with E-state index in [2.05, 4.69) is 0 Å². The Morgan fingerprint density at radius 2 is 2.14 bits per heavy atom. The zero-order chi connectivity index (χ0) is 15.6. The Hall–Kier alpha value is -1.76. The van der Waals surface area contributed by atoms with Gasteiger partial charge in [0.1, 0.15) is 12.4 Å². The van der Waals surface area contributed by atoms with Gasteiger partial charge in [-0.3, -0.25) is 0 Å². The molecule has 1 N–H and O–H groups in total. The molecule has 1 aliphatic heterocycles. The second-order valence-corrected chi connectivity index (χ2v) is 4.97. The van der Waals surface area contributed by atoms with E-state index >= 15 is 0 Å². The lowest BCUT2D eigenvalue weighted by Gasteiger charge is -2.17. The van der Waals surface area contributed by atoms with E-state index in [0.29, 0.717) is 6.07 Å². The van der Waals surface area contributed by atoms with Gasteiger partial charge in [0.15, 0.2) is 0 Å². The Morgan fingerprint density at radius 3 is 2.67 bits per heavy atom. The van der Waals surface area contributed by atoms with Crippen molar-refractivity contribution < 1.29 is 32.5 Å². The predicted octanol–water partition coefficient (Wildman–Crippen LogP) is 3.35. The van der Waals surface area contributed by atoms with E-state index in [4.69, 9.17) is 14.6 Å². The molecule has 7 heteroatoms. The highest BCUT2D eigenvalue weighted by molar-refractivity contribution is 5.88. The number of carboxylic acid groups (broad SMARTS) is 1. The van der Waals surface area contributed by atoms with Crippen LogP contribution >= 0.6 is 0 Å². The second kappa shape index (κ2) is 5.93. The van der Waals surface area contributed by atoms with Gasteiger partial charge < -0.3 is 14.6 Å². The van der Waals surface area contributed by atoms with Crippen molar-refractivity contribution in [2.75, 3.05) is 6.61 Å². The first-order valence-electron chi connectivity index (χ1n) is 6.50. The molecule has 0 aromatic heterocycles. The van der Waals surface area contributed by atoms with Gasteiger partial charge in [-0.1, -0.05) is 0 Å². The van der Waals surface area contributed by atoms with E-state index in [1.807, 2.05) is 6.92 Å². The summed E-state index contributed by atoms with van der Waals surface area (Å²) in [7, 11) is 0. The minimum atomic E-state index is -4.68. The minimum Gasteiger partial charge on any atom is -0.490 e. The normalized spacial score (nSPS) is 22.3. The third kappa shape index (κ3) is 3.87. The summed E-state index contributed by atoms with van der Waals surface area (Å²) < 4.78 is 49.5. The number of alkyl halides is 3. The number of halogens is 3. The van der Waals surface area contributed by atoms with Crippen LogP contribution in [0.15, 0.2) is 18.2 Å². The number of rotatable bonds is 4. The summed E-state index contributed by atoms with van der Waals surface area (Å²) in [6.45, 7) is 1.91. The summed E-state index contributed by atoms with van der Waals surface area (Å²) in [4.78, 5) is 10.8. The number of hydrogen-bond donors (Lipinski definition) is 1. The Kier molecular flexibility index (Phi) is 4.41. The lowest BCUT2D eigenvalue weighted by molar-refractivity contribution is -0.139. The van der Waals surface area contributed by atoms with Crippen molar-refractivity contribution in [2.24, 2.45) is 0 Å². The molecule has 1 fully saturated rings. The summed E-state index contributed by atoms with van der Waals surface area (Å²) in [5.74, 6) is -1.80.